The van der Waals surface area contributed by atoms with Crippen molar-refractivity contribution in [3.8, 4) is 0 Å². The Labute approximate surface area is 193 Å². The predicted molar refractivity (Wildman–Crippen MR) is 132 cm³/mol. The Hall–Kier alpha value is -2.67. The van der Waals surface area contributed by atoms with Crippen molar-refractivity contribution < 1.29 is 5.11 Å². The van der Waals surface area contributed by atoms with E-state index in [1.54, 1.807) is 12.1 Å². The summed E-state index contributed by atoms with van der Waals surface area (Å²) >= 11 is 5.99. The molecule has 0 aliphatic rings. The average molecular weight is 456 g/mol. The summed E-state index contributed by atoms with van der Waals surface area (Å²) in [6, 6.07) is 15.2. The lowest BCUT2D eigenvalue weighted by Crippen LogP contribution is -2.36. The summed E-state index contributed by atoms with van der Waals surface area (Å²) in [5, 5.41) is 20.4. The molecule has 0 saturated carbocycles. The quantitative estimate of drug-likeness (QED) is 0.242. The summed E-state index contributed by atoms with van der Waals surface area (Å²) in [5.41, 5.74) is 2.45. The molecule has 0 aromatic heterocycles. The summed E-state index contributed by atoms with van der Waals surface area (Å²) in [5.74, 6) is 0. The van der Waals surface area contributed by atoms with Crippen molar-refractivity contribution in [2.45, 2.75) is 45.3 Å². The van der Waals surface area contributed by atoms with Crippen LogP contribution in [0.5, 0.6) is 0 Å². The number of hydrogen-bond donors (Lipinski definition) is 4. The van der Waals surface area contributed by atoms with E-state index in [1.807, 2.05) is 36.4 Å². The second kappa shape index (κ2) is 11.3. The SMILES string of the molecule is CCCCNc1c(Nc2ccc(CC(C)NC[C@@H](O)c3cccc(Cl)c3)cc2)c(=O)c1=O. The van der Waals surface area contributed by atoms with Gasteiger partial charge in [0.1, 0.15) is 11.4 Å². The van der Waals surface area contributed by atoms with Crippen molar-refractivity contribution in [3.63, 3.8) is 0 Å². The van der Waals surface area contributed by atoms with Gasteiger partial charge in [-0.25, -0.2) is 0 Å². The number of benzene rings is 2. The highest BCUT2D eigenvalue weighted by Crippen LogP contribution is 2.22. The third-order valence-corrected chi connectivity index (χ3v) is 5.64. The number of hydrogen-bond acceptors (Lipinski definition) is 6. The first-order chi connectivity index (χ1) is 15.4. The van der Waals surface area contributed by atoms with Crippen LogP contribution in [0.15, 0.2) is 58.1 Å². The van der Waals surface area contributed by atoms with Crippen molar-refractivity contribution in [2.75, 3.05) is 23.7 Å². The van der Waals surface area contributed by atoms with Crippen molar-refractivity contribution >= 4 is 28.7 Å². The van der Waals surface area contributed by atoms with Crippen molar-refractivity contribution in [3.05, 3.63) is 85.1 Å². The number of anilines is 3. The van der Waals surface area contributed by atoms with Crippen LogP contribution in [0.4, 0.5) is 17.1 Å². The smallest absolute Gasteiger partial charge is 0.253 e. The molecule has 0 spiro atoms. The van der Waals surface area contributed by atoms with Crippen LogP contribution in [0.25, 0.3) is 0 Å². The Bertz CT molecular complexity index is 1090. The van der Waals surface area contributed by atoms with E-state index in [1.165, 1.54) is 0 Å². The number of nitrogens with one attached hydrogen (secondary N) is 3. The minimum absolute atomic E-state index is 0.158. The first-order valence-electron chi connectivity index (χ1n) is 11.0. The van der Waals surface area contributed by atoms with E-state index in [4.69, 9.17) is 11.6 Å². The molecule has 0 aliphatic heterocycles. The van der Waals surface area contributed by atoms with Gasteiger partial charge in [-0.15, -0.1) is 0 Å². The lowest BCUT2D eigenvalue weighted by Gasteiger charge is -2.18. The lowest BCUT2D eigenvalue weighted by atomic mass is 10.1. The largest absolute Gasteiger partial charge is 0.387 e. The van der Waals surface area contributed by atoms with Crippen LogP contribution >= 0.6 is 11.6 Å². The number of halogens is 1. The van der Waals surface area contributed by atoms with Gasteiger partial charge in [0.25, 0.3) is 10.9 Å². The van der Waals surface area contributed by atoms with Gasteiger partial charge in [0, 0.05) is 29.8 Å². The Kier molecular flexibility index (Phi) is 8.45. The molecule has 0 saturated heterocycles. The zero-order chi connectivity index (χ0) is 23.1. The predicted octanol–water partition coefficient (Wildman–Crippen LogP) is 4.15. The summed E-state index contributed by atoms with van der Waals surface area (Å²) in [6.45, 7) is 5.24. The zero-order valence-electron chi connectivity index (χ0n) is 18.5. The van der Waals surface area contributed by atoms with Gasteiger partial charge in [0.15, 0.2) is 0 Å². The van der Waals surface area contributed by atoms with E-state index in [0.717, 1.165) is 36.1 Å². The molecule has 3 aromatic carbocycles. The van der Waals surface area contributed by atoms with Gasteiger partial charge in [-0.05, 0) is 55.2 Å². The summed E-state index contributed by atoms with van der Waals surface area (Å²) in [7, 11) is 0. The Morgan fingerprint density at radius 2 is 1.75 bits per heavy atom. The maximum Gasteiger partial charge on any atom is 0.253 e. The molecule has 4 N–H and O–H groups in total. The van der Waals surface area contributed by atoms with Crippen LogP contribution in [0.3, 0.4) is 0 Å². The third-order valence-electron chi connectivity index (χ3n) is 5.40. The van der Waals surface area contributed by atoms with Crippen LogP contribution in [-0.2, 0) is 6.42 Å². The molecule has 6 nitrogen and oxygen atoms in total. The molecule has 3 rings (SSSR count). The number of aliphatic hydroxyl groups is 1. The van der Waals surface area contributed by atoms with E-state index in [0.29, 0.717) is 29.5 Å². The molecule has 32 heavy (non-hydrogen) atoms. The number of rotatable bonds is 12. The molecule has 0 heterocycles. The van der Waals surface area contributed by atoms with Crippen molar-refractivity contribution in [2.24, 2.45) is 0 Å². The zero-order valence-corrected chi connectivity index (χ0v) is 19.2. The second-order valence-corrected chi connectivity index (χ2v) is 8.53. The molecular weight excluding hydrogens is 426 g/mol. The fourth-order valence-electron chi connectivity index (χ4n) is 3.51. The van der Waals surface area contributed by atoms with Crippen LogP contribution in [-0.4, -0.2) is 24.2 Å². The van der Waals surface area contributed by atoms with Crippen molar-refractivity contribution in [1.82, 2.24) is 5.32 Å². The number of aliphatic hydroxyl groups excluding tert-OH is 1. The van der Waals surface area contributed by atoms with Gasteiger partial charge >= 0.3 is 0 Å². The minimum atomic E-state index is -0.626. The van der Waals surface area contributed by atoms with Gasteiger partial charge in [-0.1, -0.05) is 49.2 Å². The van der Waals surface area contributed by atoms with Gasteiger partial charge in [0.05, 0.1) is 6.10 Å². The summed E-state index contributed by atoms with van der Waals surface area (Å²) in [4.78, 5) is 23.7. The van der Waals surface area contributed by atoms with Crippen LogP contribution in [0.1, 0.15) is 43.9 Å². The van der Waals surface area contributed by atoms with E-state index >= 15 is 0 Å². The topological polar surface area (TPSA) is 90.5 Å². The highest BCUT2D eigenvalue weighted by Gasteiger charge is 2.20. The molecule has 0 radical (unpaired) electrons. The standard InChI is InChI=1S/C25H30ClN3O3/c1-3-4-12-27-22-23(25(32)24(22)31)29-20-10-8-17(9-11-20)13-16(2)28-15-21(30)18-6-5-7-19(26)14-18/h5-11,14,16,21,27-30H,3-4,12-13,15H2,1-2H3/t16?,21-/m1/s1. The van der Waals surface area contributed by atoms with E-state index in [-0.39, 0.29) is 6.04 Å². The molecule has 0 aliphatic carbocycles. The molecule has 0 bridgehead atoms. The van der Waals surface area contributed by atoms with Gasteiger partial charge in [-0.2, -0.15) is 0 Å². The first-order valence-corrected chi connectivity index (χ1v) is 11.4. The van der Waals surface area contributed by atoms with E-state index < -0.39 is 17.0 Å². The monoisotopic (exact) mass is 455 g/mol. The molecule has 1 unspecified atom stereocenters. The van der Waals surface area contributed by atoms with Crippen LogP contribution in [0, 0.1) is 0 Å². The maximum atomic E-state index is 11.9. The summed E-state index contributed by atoms with van der Waals surface area (Å²) < 4.78 is 0. The average Bonchev–Trinajstić information content (AvgIpc) is 2.80. The second-order valence-electron chi connectivity index (χ2n) is 8.09. The first kappa shape index (κ1) is 24.0. The molecule has 0 amide bonds. The fraction of sp³-hybridized carbons (Fsp3) is 0.360. The van der Waals surface area contributed by atoms with E-state index in [2.05, 4.69) is 29.8 Å². The molecule has 7 heteroatoms. The lowest BCUT2D eigenvalue weighted by molar-refractivity contribution is 0.170. The molecular formula is C25H30ClN3O3. The Balaban J connectivity index is 1.51. The molecule has 2 atom stereocenters. The normalized spacial score (nSPS) is 13.1. The third kappa shape index (κ3) is 6.19. The van der Waals surface area contributed by atoms with Crippen LogP contribution in [0.2, 0.25) is 5.02 Å². The highest BCUT2D eigenvalue weighted by atomic mass is 35.5. The number of unbranched alkanes of at least 4 members (excludes halogenated alkanes) is 1. The van der Waals surface area contributed by atoms with Crippen LogP contribution < -0.4 is 26.8 Å². The van der Waals surface area contributed by atoms with Gasteiger partial charge < -0.3 is 21.1 Å². The highest BCUT2D eigenvalue weighted by molar-refractivity contribution is 6.30. The fourth-order valence-corrected chi connectivity index (χ4v) is 3.71. The van der Waals surface area contributed by atoms with E-state index in [9.17, 15) is 14.7 Å². The molecule has 3 aromatic rings. The molecule has 0 fully saturated rings. The molecule has 170 valence electrons. The Morgan fingerprint density at radius 1 is 1.03 bits per heavy atom. The van der Waals surface area contributed by atoms with Gasteiger partial charge in [-0.3, -0.25) is 9.59 Å². The van der Waals surface area contributed by atoms with Gasteiger partial charge in [0.2, 0.25) is 0 Å². The summed E-state index contributed by atoms with van der Waals surface area (Å²) in [6.07, 6.45) is 2.11. The van der Waals surface area contributed by atoms with Crippen molar-refractivity contribution in [1.29, 1.82) is 0 Å². The maximum absolute atomic E-state index is 11.9. The Morgan fingerprint density at radius 3 is 2.44 bits per heavy atom. The minimum Gasteiger partial charge on any atom is -0.387 e.